The van der Waals surface area contributed by atoms with Crippen molar-refractivity contribution in [3.63, 3.8) is 0 Å². The topological polar surface area (TPSA) is 59.2 Å². The Balaban J connectivity index is 0.00000267. The number of hydrogen-bond donors (Lipinski definition) is 1. The SMILES string of the molecule is Br.O[C@](c1ccccc1)(c1nnc(C[N+]23CCC(CC2)[C@@H](Sc2ccccc2)C3)o1)C1CCCCC1. The van der Waals surface area contributed by atoms with Crippen LogP contribution in [0.3, 0.4) is 0 Å². The van der Waals surface area contributed by atoms with E-state index < -0.39 is 5.60 Å². The average Bonchev–Trinajstić information content (AvgIpc) is 3.39. The van der Waals surface area contributed by atoms with Gasteiger partial charge in [-0.05, 0) is 36.5 Å². The number of piperidine rings is 3. The van der Waals surface area contributed by atoms with Crippen molar-refractivity contribution in [3.05, 3.63) is 78.0 Å². The summed E-state index contributed by atoms with van der Waals surface area (Å²) in [6.45, 7) is 4.27. The van der Waals surface area contributed by atoms with Gasteiger partial charge in [0, 0.05) is 23.7 Å². The van der Waals surface area contributed by atoms with Crippen LogP contribution in [-0.4, -0.2) is 44.7 Å². The minimum Gasteiger partial charge on any atom is -0.416 e. The number of quaternary nitrogens is 1. The van der Waals surface area contributed by atoms with Crippen LogP contribution in [-0.2, 0) is 12.1 Å². The van der Waals surface area contributed by atoms with Gasteiger partial charge >= 0.3 is 0 Å². The Hall–Kier alpha value is -1.67. The molecule has 4 aliphatic rings. The van der Waals surface area contributed by atoms with Crippen LogP contribution >= 0.6 is 28.7 Å². The number of fused-ring (bicyclic) bond motifs is 3. The maximum absolute atomic E-state index is 12.1. The van der Waals surface area contributed by atoms with Crippen molar-refractivity contribution < 1.29 is 14.0 Å². The monoisotopic (exact) mass is 570 g/mol. The molecule has 0 amide bonds. The number of nitrogens with zero attached hydrogens (tertiary/aromatic N) is 3. The third-order valence-corrected chi connectivity index (χ3v) is 10.1. The van der Waals surface area contributed by atoms with Crippen molar-refractivity contribution >= 4 is 28.7 Å². The van der Waals surface area contributed by atoms with Crippen molar-refractivity contribution in [1.29, 1.82) is 0 Å². The number of halogens is 1. The predicted octanol–water partition coefficient (Wildman–Crippen LogP) is 6.37. The molecule has 4 fully saturated rings. The first-order chi connectivity index (χ1) is 17.1. The minimum absolute atomic E-state index is 0. The quantitative estimate of drug-likeness (QED) is 0.334. The lowest BCUT2D eigenvalue weighted by atomic mass is 9.73. The highest BCUT2D eigenvalue weighted by atomic mass is 79.9. The molecule has 2 aromatic carbocycles. The van der Waals surface area contributed by atoms with Gasteiger partial charge in [-0.15, -0.1) is 38.9 Å². The highest BCUT2D eigenvalue weighted by Crippen LogP contribution is 2.45. The van der Waals surface area contributed by atoms with Gasteiger partial charge in [-0.3, -0.25) is 0 Å². The summed E-state index contributed by atoms with van der Waals surface area (Å²) in [5.41, 5.74) is -0.347. The number of aromatic nitrogens is 2. The average molecular weight is 572 g/mol. The van der Waals surface area contributed by atoms with Gasteiger partial charge in [0.2, 0.25) is 0 Å². The van der Waals surface area contributed by atoms with Crippen molar-refractivity contribution in [1.82, 2.24) is 10.2 Å². The Morgan fingerprint density at radius 1 is 0.889 bits per heavy atom. The molecular weight excluding hydrogens is 534 g/mol. The Morgan fingerprint density at radius 3 is 2.25 bits per heavy atom. The smallest absolute Gasteiger partial charge is 0.271 e. The van der Waals surface area contributed by atoms with E-state index in [4.69, 9.17) is 4.42 Å². The Morgan fingerprint density at radius 2 is 1.56 bits per heavy atom. The van der Waals surface area contributed by atoms with E-state index in [9.17, 15) is 5.11 Å². The van der Waals surface area contributed by atoms with Crippen molar-refractivity contribution in [2.45, 2.75) is 67.2 Å². The van der Waals surface area contributed by atoms with Gasteiger partial charge in [0.15, 0.2) is 12.1 Å². The molecule has 1 aromatic heterocycles. The van der Waals surface area contributed by atoms with E-state index in [1.54, 1.807) is 0 Å². The largest absolute Gasteiger partial charge is 0.416 e. The maximum Gasteiger partial charge on any atom is 0.271 e. The molecule has 0 spiro atoms. The van der Waals surface area contributed by atoms with Crippen LogP contribution < -0.4 is 0 Å². The van der Waals surface area contributed by atoms with Gasteiger partial charge in [0.1, 0.15) is 0 Å². The van der Waals surface area contributed by atoms with Gasteiger partial charge in [0.25, 0.3) is 11.8 Å². The molecule has 3 aromatic rings. The molecule has 192 valence electrons. The Kier molecular flexibility index (Phi) is 7.92. The van der Waals surface area contributed by atoms with Crippen LogP contribution in [0, 0.1) is 11.8 Å². The normalized spacial score (nSPS) is 27.8. The molecule has 2 atom stereocenters. The van der Waals surface area contributed by atoms with Crippen molar-refractivity contribution in [2.24, 2.45) is 11.8 Å². The van der Waals surface area contributed by atoms with E-state index >= 15 is 0 Å². The molecule has 4 heterocycles. The first-order valence-electron chi connectivity index (χ1n) is 13.3. The molecule has 1 N–H and O–H groups in total. The van der Waals surface area contributed by atoms with Crippen LogP contribution in [0.15, 0.2) is 70.0 Å². The minimum atomic E-state index is -1.21. The van der Waals surface area contributed by atoms with Gasteiger partial charge in [-0.1, -0.05) is 67.8 Å². The summed E-state index contributed by atoms with van der Waals surface area (Å²) >= 11 is 2.04. The number of thioether (sulfide) groups is 1. The van der Waals surface area contributed by atoms with Crippen molar-refractivity contribution in [2.75, 3.05) is 19.6 Å². The molecule has 36 heavy (non-hydrogen) atoms. The summed E-state index contributed by atoms with van der Waals surface area (Å²) in [7, 11) is 0. The summed E-state index contributed by atoms with van der Waals surface area (Å²) in [5.74, 6) is 1.96. The van der Waals surface area contributed by atoms with E-state index in [1.165, 1.54) is 37.2 Å². The van der Waals surface area contributed by atoms with Crippen LogP contribution in [0.2, 0.25) is 0 Å². The first kappa shape index (κ1) is 26.0. The predicted molar refractivity (Wildman–Crippen MR) is 148 cm³/mol. The van der Waals surface area contributed by atoms with Crippen LogP contribution in [0.25, 0.3) is 0 Å². The van der Waals surface area contributed by atoms with Crippen LogP contribution in [0.1, 0.15) is 62.3 Å². The summed E-state index contributed by atoms with van der Waals surface area (Å²) in [6.07, 6.45) is 8.03. The first-order valence-corrected chi connectivity index (χ1v) is 14.2. The lowest BCUT2D eigenvalue weighted by molar-refractivity contribution is -0.955. The van der Waals surface area contributed by atoms with Gasteiger partial charge in [-0.2, -0.15) is 0 Å². The van der Waals surface area contributed by atoms with Crippen LogP contribution in [0.5, 0.6) is 0 Å². The zero-order valence-electron chi connectivity index (χ0n) is 20.8. The fourth-order valence-electron chi connectivity index (χ4n) is 6.76. The number of benzene rings is 2. The molecule has 7 rings (SSSR count). The highest BCUT2D eigenvalue weighted by Gasteiger charge is 2.48. The molecule has 2 bridgehead atoms. The number of rotatable bonds is 7. The fourth-order valence-corrected chi connectivity index (χ4v) is 8.27. The number of hydrogen-bond acceptors (Lipinski definition) is 5. The van der Waals surface area contributed by atoms with E-state index in [1.807, 2.05) is 42.1 Å². The standard InChI is InChI=1S/C29H36N3O2S.BrH/c33-29(23-10-4-1-5-11-23,24-12-6-2-7-13-24)28-31-30-27(34-28)21-32-18-16-22(17-19-32)26(20-32)35-25-14-8-3-9-15-25;/h1,3-5,8-11,14-15,22,24,26,33H,2,6-7,12-13,16-21H2;1H/q+1;/t22?,26-,29-,32?;/m0./s1. The maximum atomic E-state index is 12.1. The third kappa shape index (κ3) is 5.04. The number of aliphatic hydroxyl groups is 1. The van der Waals surface area contributed by atoms with Gasteiger partial charge < -0.3 is 14.0 Å². The Bertz CT molecular complexity index is 1110. The molecule has 7 heteroatoms. The molecule has 3 aliphatic heterocycles. The van der Waals surface area contributed by atoms with E-state index in [0.717, 1.165) is 54.7 Å². The molecule has 0 unspecified atom stereocenters. The van der Waals surface area contributed by atoms with Crippen LogP contribution in [0.4, 0.5) is 0 Å². The van der Waals surface area contributed by atoms with Gasteiger partial charge in [-0.25, -0.2) is 0 Å². The van der Waals surface area contributed by atoms with Crippen molar-refractivity contribution in [3.8, 4) is 0 Å². The second kappa shape index (κ2) is 11.0. The molecular formula is C29H37BrN3O2S+. The summed E-state index contributed by atoms with van der Waals surface area (Å²) < 4.78 is 7.39. The van der Waals surface area contributed by atoms with Gasteiger partial charge in [0.05, 0.1) is 24.9 Å². The van der Waals surface area contributed by atoms with E-state index in [-0.39, 0.29) is 22.9 Å². The zero-order valence-corrected chi connectivity index (χ0v) is 23.3. The molecule has 1 saturated carbocycles. The summed E-state index contributed by atoms with van der Waals surface area (Å²) in [6, 6.07) is 20.8. The molecule has 1 aliphatic carbocycles. The summed E-state index contributed by atoms with van der Waals surface area (Å²) in [4.78, 5) is 1.37. The summed E-state index contributed by atoms with van der Waals surface area (Å²) in [5, 5.41) is 21.8. The zero-order chi connectivity index (χ0) is 23.7. The lowest BCUT2D eigenvalue weighted by Crippen LogP contribution is -2.62. The highest BCUT2D eigenvalue weighted by molar-refractivity contribution is 8.93. The Labute approximate surface area is 229 Å². The molecule has 3 saturated heterocycles. The molecule has 5 nitrogen and oxygen atoms in total. The second-order valence-electron chi connectivity index (χ2n) is 10.9. The van der Waals surface area contributed by atoms with E-state index in [0.29, 0.717) is 17.0 Å². The van der Waals surface area contributed by atoms with E-state index in [2.05, 4.69) is 40.5 Å². The fraction of sp³-hybridized carbons (Fsp3) is 0.517. The lowest BCUT2D eigenvalue weighted by Gasteiger charge is -2.51. The molecule has 0 radical (unpaired) electrons. The second-order valence-corrected chi connectivity index (χ2v) is 12.2. The third-order valence-electron chi connectivity index (χ3n) is 8.75.